The summed E-state index contributed by atoms with van der Waals surface area (Å²) in [6.07, 6.45) is 3.63. The molecule has 0 radical (unpaired) electrons. The smallest absolute Gasteiger partial charge is 0.238 e. The number of nitrogens with two attached hydrogens (primary N) is 1. The fourth-order valence-electron chi connectivity index (χ4n) is 2.20. The van der Waals surface area contributed by atoms with Crippen molar-refractivity contribution in [3.05, 3.63) is 24.0 Å². The number of carbonyl (C=O) groups excluding carboxylic acids is 1. The van der Waals surface area contributed by atoms with Crippen LogP contribution in [0.2, 0.25) is 0 Å². The van der Waals surface area contributed by atoms with Crippen molar-refractivity contribution < 1.29 is 17.6 Å². The zero-order chi connectivity index (χ0) is 14.0. The molecule has 19 heavy (non-hydrogen) atoms. The SMILES string of the molecule is NS(=O)(=O)c1ccc(NC(=O)C2CCCC2)c(F)c1. The Morgan fingerprint density at radius 1 is 1.32 bits per heavy atom. The van der Waals surface area contributed by atoms with E-state index < -0.39 is 15.8 Å². The second kappa shape index (κ2) is 5.26. The van der Waals surface area contributed by atoms with Gasteiger partial charge >= 0.3 is 0 Å². The summed E-state index contributed by atoms with van der Waals surface area (Å²) in [7, 11) is -3.94. The van der Waals surface area contributed by atoms with Gasteiger partial charge in [-0.2, -0.15) is 0 Å². The van der Waals surface area contributed by atoms with Crippen LogP contribution in [0.1, 0.15) is 25.7 Å². The average molecular weight is 286 g/mol. The van der Waals surface area contributed by atoms with Crippen LogP contribution in [-0.4, -0.2) is 14.3 Å². The van der Waals surface area contributed by atoms with Gasteiger partial charge in [0.05, 0.1) is 10.6 Å². The van der Waals surface area contributed by atoms with E-state index in [2.05, 4.69) is 5.32 Å². The molecule has 1 aromatic rings. The number of nitrogens with one attached hydrogen (secondary N) is 1. The minimum absolute atomic E-state index is 0.0238. The lowest BCUT2D eigenvalue weighted by Crippen LogP contribution is -2.21. The van der Waals surface area contributed by atoms with Gasteiger partial charge in [0, 0.05) is 5.92 Å². The van der Waals surface area contributed by atoms with Crippen molar-refractivity contribution in [1.82, 2.24) is 0 Å². The third kappa shape index (κ3) is 3.30. The molecule has 0 heterocycles. The third-order valence-electron chi connectivity index (χ3n) is 3.25. The molecule has 2 rings (SSSR count). The zero-order valence-electron chi connectivity index (χ0n) is 10.2. The van der Waals surface area contributed by atoms with Crippen molar-refractivity contribution in [3.8, 4) is 0 Å². The molecule has 0 atom stereocenters. The molecule has 0 saturated heterocycles. The van der Waals surface area contributed by atoms with E-state index in [0.717, 1.165) is 31.7 Å². The number of benzene rings is 1. The largest absolute Gasteiger partial charge is 0.323 e. The van der Waals surface area contributed by atoms with Crippen molar-refractivity contribution in [2.45, 2.75) is 30.6 Å². The van der Waals surface area contributed by atoms with E-state index in [9.17, 15) is 17.6 Å². The van der Waals surface area contributed by atoms with Crippen LogP contribution in [-0.2, 0) is 14.8 Å². The van der Waals surface area contributed by atoms with Gasteiger partial charge in [0.15, 0.2) is 0 Å². The summed E-state index contributed by atoms with van der Waals surface area (Å²) >= 11 is 0. The van der Waals surface area contributed by atoms with E-state index in [1.807, 2.05) is 0 Å². The Balaban J connectivity index is 2.15. The lowest BCUT2D eigenvalue weighted by Gasteiger charge is -2.11. The predicted molar refractivity (Wildman–Crippen MR) is 68.4 cm³/mol. The number of sulfonamides is 1. The van der Waals surface area contributed by atoms with Crippen LogP contribution in [0.5, 0.6) is 0 Å². The first-order valence-corrected chi connectivity index (χ1v) is 7.56. The molecule has 1 aliphatic carbocycles. The molecule has 104 valence electrons. The quantitative estimate of drug-likeness (QED) is 0.884. The minimum Gasteiger partial charge on any atom is -0.323 e. The fourth-order valence-corrected chi connectivity index (χ4v) is 2.72. The van der Waals surface area contributed by atoms with E-state index in [4.69, 9.17) is 5.14 Å². The van der Waals surface area contributed by atoms with Gasteiger partial charge in [-0.25, -0.2) is 17.9 Å². The fraction of sp³-hybridized carbons (Fsp3) is 0.417. The number of halogens is 1. The Kier molecular flexibility index (Phi) is 3.86. The van der Waals surface area contributed by atoms with E-state index in [0.29, 0.717) is 0 Å². The summed E-state index contributed by atoms with van der Waals surface area (Å²) in [5.41, 5.74) is -0.0238. The maximum Gasteiger partial charge on any atom is 0.238 e. The molecule has 5 nitrogen and oxygen atoms in total. The zero-order valence-corrected chi connectivity index (χ0v) is 11.0. The first kappa shape index (κ1) is 14.0. The highest BCUT2D eigenvalue weighted by Gasteiger charge is 2.23. The number of rotatable bonds is 3. The highest BCUT2D eigenvalue weighted by atomic mass is 32.2. The van der Waals surface area contributed by atoms with Crippen LogP contribution >= 0.6 is 0 Å². The first-order valence-electron chi connectivity index (χ1n) is 6.01. The van der Waals surface area contributed by atoms with E-state index in [1.165, 1.54) is 12.1 Å². The van der Waals surface area contributed by atoms with Gasteiger partial charge in [-0.15, -0.1) is 0 Å². The maximum atomic E-state index is 13.7. The van der Waals surface area contributed by atoms with Gasteiger partial charge < -0.3 is 5.32 Å². The summed E-state index contributed by atoms with van der Waals surface area (Å²) in [6.45, 7) is 0. The number of hydrogen-bond acceptors (Lipinski definition) is 3. The Labute approximate surface area is 111 Å². The normalized spacial score (nSPS) is 16.5. The predicted octanol–water partition coefficient (Wildman–Crippen LogP) is 1.60. The minimum atomic E-state index is -3.94. The standard InChI is InChI=1S/C12H15FN2O3S/c13-10-7-9(19(14,17)18)5-6-11(10)15-12(16)8-3-1-2-4-8/h5-8H,1-4H2,(H,15,16)(H2,14,17,18). The molecule has 0 spiro atoms. The van der Waals surface area contributed by atoms with Gasteiger partial charge in [-0.3, -0.25) is 4.79 Å². The Morgan fingerprint density at radius 2 is 1.95 bits per heavy atom. The maximum absolute atomic E-state index is 13.7. The van der Waals surface area contributed by atoms with E-state index in [1.54, 1.807) is 0 Å². The van der Waals surface area contributed by atoms with Crippen molar-refractivity contribution in [2.24, 2.45) is 11.1 Å². The second-order valence-corrected chi connectivity index (χ2v) is 6.22. The van der Waals surface area contributed by atoms with Crippen LogP contribution in [0.15, 0.2) is 23.1 Å². The van der Waals surface area contributed by atoms with Crippen molar-refractivity contribution >= 4 is 21.6 Å². The van der Waals surface area contributed by atoms with Crippen LogP contribution in [0, 0.1) is 11.7 Å². The molecule has 0 unspecified atom stereocenters. The van der Waals surface area contributed by atoms with Gasteiger partial charge in [0.25, 0.3) is 0 Å². The Morgan fingerprint density at radius 3 is 2.47 bits per heavy atom. The number of carbonyl (C=O) groups is 1. The van der Waals surface area contributed by atoms with Gasteiger partial charge in [0.1, 0.15) is 5.82 Å². The van der Waals surface area contributed by atoms with E-state index in [-0.39, 0.29) is 22.4 Å². The number of amides is 1. The average Bonchev–Trinajstić information content (AvgIpc) is 2.84. The van der Waals surface area contributed by atoms with Crippen molar-refractivity contribution in [2.75, 3.05) is 5.32 Å². The lowest BCUT2D eigenvalue weighted by molar-refractivity contribution is -0.119. The van der Waals surface area contributed by atoms with E-state index >= 15 is 0 Å². The van der Waals surface area contributed by atoms with Crippen LogP contribution in [0.25, 0.3) is 0 Å². The summed E-state index contributed by atoms with van der Waals surface area (Å²) in [6, 6.07) is 3.18. The van der Waals surface area contributed by atoms with Gasteiger partial charge in [-0.05, 0) is 31.0 Å². The molecule has 1 aromatic carbocycles. The highest BCUT2D eigenvalue weighted by molar-refractivity contribution is 7.89. The number of hydrogen-bond donors (Lipinski definition) is 2. The van der Waals surface area contributed by atoms with Crippen LogP contribution in [0.3, 0.4) is 0 Å². The topological polar surface area (TPSA) is 89.3 Å². The lowest BCUT2D eigenvalue weighted by atomic mass is 10.1. The molecular formula is C12H15FN2O3S. The molecular weight excluding hydrogens is 271 g/mol. The Hall–Kier alpha value is -1.47. The van der Waals surface area contributed by atoms with Crippen LogP contribution < -0.4 is 10.5 Å². The molecule has 7 heteroatoms. The summed E-state index contributed by atoms with van der Waals surface area (Å²) in [4.78, 5) is 11.5. The Bertz CT molecular complexity index is 595. The van der Waals surface area contributed by atoms with Crippen LogP contribution in [0.4, 0.5) is 10.1 Å². The molecule has 1 saturated carbocycles. The first-order chi connectivity index (χ1) is 8.88. The number of primary sulfonamides is 1. The molecule has 3 N–H and O–H groups in total. The van der Waals surface area contributed by atoms with Gasteiger partial charge in [0.2, 0.25) is 15.9 Å². The molecule has 1 aliphatic rings. The molecule has 0 aromatic heterocycles. The molecule has 1 amide bonds. The molecule has 0 bridgehead atoms. The summed E-state index contributed by atoms with van der Waals surface area (Å²) < 4.78 is 35.8. The highest BCUT2D eigenvalue weighted by Crippen LogP contribution is 2.27. The molecule has 0 aliphatic heterocycles. The van der Waals surface area contributed by atoms with Crippen molar-refractivity contribution in [1.29, 1.82) is 0 Å². The summed E-state index contributed by atoms with van der Waals surface area (Å²) in [5.74, 6) is -1.12. The van der Waals surface area contributed by atoms with Gasteiger partial charge in [-0.1, -0.05) is 12.8 Å². The molecule has 1 fully saturated rings. The monoisotopic (exact) mass is 286 g/mol. The third-order valence-corrected chi connectivity index (χ3v) is 4.16. The second-order valence-electron chi connectivity index (χ2n) is 4.66. The number of anilines is 1. The van der Waals surface area contributed by atoms with Crippen molar-refractivity contribution in [3.63, 3.8) is 0 Å². The summed E-state index contributed by atoms with van der Waals surface area (Å²) in [5, 5.41) is 7.38.